The van der Waals surface area contributed by atoms with E-state index in [1.54, 1.807) is 0 Å². The molecule has 0 bridgehead atoms. The summed E-state index contributed by atoms with van der Waals surface area (Å²) in [5, 5.41) is 2.84. The number of carbonyl (C=O) groups is 3. The predicted octanol–water partition coefficient (Wildman–Crippen LogP) is 4.88. The Morgan fingerprint density at radius 2 is 1.69 bits per heavy atom. The molecular weight excluding hydrogens is 366 g/mol. The first-order valence-corrected chi connectivity index (χ1v) is 9.84. The second kappa shape index (κ2) is 10.0. The van der Waals surface area contributed by atoms with Gasteiger partial charge in [0, 0.05) is 17.7 Å². The number of hydrogen-bond acceptors (Lipinski definition) is 4. The van der Waals surface area contributed by atoms with Crippen molar-refractivity contribution in [3.05, 3.63) is 64.2 Å². The molecule has 0 atom stereocenters. The van der Waals surface area contributed by atoms with Gasteiger partial charge in [0.1, 0.15) is 0 Å². The average molecular weight is 395 g/mol. The summed E-state index contributed by atoms with van der Waals surface area (Å²) in [6.07, 6.45) is 0.00113. The molecule has 2 rings (SSSR count). The van der Waals surface area contributed by atoms with Gasteiger partial charge in [-0.25, -0.2) is 0 Å². The maximum atomic E-state index is 12.4. The third-order valence-corrected chi connectivity index (χ3v) is 4.81. The highest BCUT2D eigenvalue weighted by Gasteiger charge is 2.15. The van der Waals surface area contributed by atoms with Gasteiger partial charge in [0.2, 0.25) is 0 Å². The van der Waals surface area contributed by atoms with E-state index >= 15 is 0 Å². The van der Waals surface area contributed by atoms with Crippen LogP contribution in [0.2, 0.25) is 0 Å². The predicted molar refractivity (Wildman–Crippen MR) is 114 cm³/mol. The van der Waals surface area contributed by atoms with Crippen molar-refractivity contribution in [1.82, 2.24) is 0 Å². The van der Waals surface area contributed by atoms with Crippen LogP contribution in [-0.4, -0.2) is 24.3 Å². The van der Waals surface area contributed by atoms with Crippen LogP contribution in [0.15, 0.2) is 36.4 Å². The summed E-state index contributed by atoms with van der Waals surface area (Å²) >= 11 is 0. The van der Waals surface area contributed by atoms with E-state index in [1.807, 2.05) is 57.2 Å². The molecule has 0 saturated carbocycles. The van der Waals surface area contributed by atoms with Crippen molar-refractivity contribution >= 4 is 23.3 Å². The number of aryl methyl sites for hydroxylation is 3. The van der Waals surface area contributed by atoms with Gasteiger partial charge in [-0.2, -0.15) is 0 Å². The lowest BCUT2D eigenvalue weighted by molar-refractivity contribution is -0.147. The van der Waals surface area contributed by atoms with Crippen LogP contribution in [0.4, 0.5) is 5.69 Å². The zero-order chi connectivity index (χ0) is 21.6. The Morgan fingerprint density at radius 1 is 0.966 bits per heavy atom. The van der Waals surface area contributed by atoms with Gasteiger partial charge in [-0.3, -0.25) is 14.4 Å². The molecule has 0 fully saturated rings. The molecule has 2 aromatic rings. The standard InChI is InChI=1S/C24H29NO4/c1-15(2)19-8-6-7-18(5)24(19)25-22(27)14-29-23(28)12-11-21(26)20-13-16(3)9-10-17(20)4/h6-10,13,15H,11-12,14H2,1-5H3,(H,25,27). The summed E-state index contributed by atoms with van der Waals surface area (Å²) in [6, 6.07) is 11.5. The van der Waals surface area contributed by atoms with Gasteiger partial charge in [0.15, 0.2) is 12.4 Å². The fourth-order valence-electron chi connectivity index (χ4n) is 3.12. The highest BCUT2D eigenvalue weighted by molar-refractivity contribution is 5.99. The number of para-hydroxylation sites is 1. The van der Waals surface area contributed by atoms with Gasteiger partial charge in [-0.05, 0) is 49.4 Å². The van der Waals surface area contributed by atoms with Crippen LogP contribution in [0.25, 0.3) is 0 Å². The highest BCUT2D eigenvalue weighted by atomic mass is 16.5. The van der Waals surface area contributed by atoms with Crippen LogP contribution in [0, 0.1) is 20.8 Å². The number of ketones is 1. The van der Waals surface area contributed by atoms with E-state index in [2.05, 4.69) is 19.2 Å². The van der Waals surface area contributed by atoms with Crippen molar-refractivity contribution < 1.29 is 19.1 Å². The minimum Gasteiger partial charge on any atom is -0.456 e. The van der Waals surface area contributed by atoms with Crippen molar-refractivity contribution in [3.63, 3.8) is 0 Å². The Kier molecular flexibility index (Phi) is 7.71. The first-order valence-electron chi connectivity index (χ1n) is 9.84. The molecule has 0 aliphatic carbocycles. The second-order valence-electron chi connectivity index (χ2n) is 7.64. The smallest absolute Gasteiger partial charge is 0.306 e. The summed E-state index contributed by atoms with van der Waals surface area (Å²) in [4.78, 5) is 36.6. The van der Waals surface area contributed by atoms with Gasteiger partial charge in [0.05, 0.1) is 6.42 Å². The molecule has 0 unspecified atom stereocenters. The number of nitrogens with one attached hydrogen (secondary N) is 1. The van der Waals surface area contributed by atoms with Crippen molar-refractivity contribution in [2.45, 2.75) is 53.4 Å². The maximum absolute atomic E-state index is 12.4. The SMILES string of the molecule is Cc1ccc(C)c(C(=O)CCC(=O)OCC(=O)Nc2c(C)cccc2C(C)C)c1. The third kappa shape index (κ3) is 6.28. The molecule has 1 amide bonds. The first-order chi connectivity index (χ1) is 13.7. The molecule has 0 saturated heterocycles. The van der Waals surface area contributed by atoms with Crippen molar-refractivity contribution in [2.75, 3.05) is 11.9 Å². The number of ether oxygens (including phenoxy) is 1. The van der Waals surface area contributed by atoms with Gasteiger partial charge < -0.3 is 10.1 Å². The molecule has 0 radical (unpaired) electrons. The third-order valence-electron chi connectivity index (χ3n) is 4.81. The summed E-state index contributed by atoms with van der Waals surface area (Å²) in [5.41, 5.74) is 5.24. The number of Topliss-reactive ketones (excluding diaryl/α,β-unsaturated/α-hetero) is 1. The number of hydrogen-bond donors (Lipinski definition) is 1. The average Bonchev–Trinajstić information content (AvgIpc) is 2.67. The molecule has 0 heterocycles. The number of benzene rings is 2. The van der Waals surface area contributed by atoms with E-state index in [9.17, 15) is 14.4 Å². The minimum absolute atomic E-state index is 0.0545. The summed E-state index contributed by atoms with van der Waals surface area (Å²) in [7, 11) is 0. The Hall–Kier alpha value is -2.95. The van der Waals surface area contributed by atoms with E-state index in [0.717, 1.165) is 27.9 Å². The molecule has 0 aliphatic rings. The highest BCUT2D eigenvalue weighted by Crippen LogP contribution is 2.27. The molecular formula is C24H29NO4. The van der Waals surface area contributed by atoms with E-state index in [4.69, 9.17) is 4.74 Å². The second-order valence-corrected chi connectivity index (χ2v) is 7.64. The molecule has 5 heteroatoms. The molecule has 0 aliphatic heterocycles. The topological polar surface area (TPSA) is 72.5 Å². The zero-order valence-corrected chi connectivity index (χ0v) is 17.8. The number of amides is 1. The maximum Gasteiger partial charge on any atom is 0.306 e. The Bertz CT molecular complexity index is 915. The first kappa shape index (κ1) is 22.3. The monoisotopic (exact) mass is 395 g/mol. The van der Waals surface area contributed by atoms with Gasteiger partial charge in [0.25, 0.3) is 5.91 Å². The van der Waals surface area contributed by atoms with Gasteiger partial charge >= 0.3 is 5.97 Å². The van der Waals surface area contributed by atoms with Crippen molar-refractivity contribution in [3.8, 4) is 0 Å². The zero-order valence-electron chi connectivity index (χ0n) is 17.8. The molecule has 0 aromatic heterocycles. The number of anilines is 1. The van der Waals surface area contributed by atoms with Gasteiger partial charge in [-0.1, -0.05) is 49.7 Å². The van der Waals surface area contributed by atoms with Crippen LogP contribution < -0.4 is 5.32 Å². The van der Waals surface area contributed by atoms with Crippen LogP contribution in [0.5, 0.6) is 0 Å². The molecule has 154 valence electrons. The lowest BCUT2D eigenvalue weighted by Crippen LogP contribution is -2.22. The Morgan fingerprint density at radius 3 is 2.38 bits per heavy atom. The quantitative estimate of drug-likeness (QED) is 0.511. The van der Waals surface area contributed by atoms with E-state index in [1.165, 1.54) is 0 Å². The number of esters is 1. The van der Waals surface area contributed by atoms with E-state index in [0.29, 0.717) is 5.56 Å². The van der Waals surface area contributed by atoms with Crippen molar-refractivity contribution in [1.29, 1.82) is 0 Å². The lowest BCUT2D eigenvalue weighted by atomic mass is 9.98. The van der Waals surface area contributed by atoms with Crippen molar-refractivity contribution in [2.24, 2.45) is 0 Å². The van der Waals surface area contributed by atoms with E-state index < -0.39 is 11.9 Å². The molecule has 2 aromatic carbocycles. The van der Waals surface area contributed by atoms with Crippen LogP contribution in [0.3, 0.4) is 0 Å². The van der Waals surface area contributed by atoms with E-state index in [-0.39, 0.29) is 31.1 Å². The summed E-state index contributed by atoms with van der Waals surface area (Å²) < 4.78 is 5.05. The molecule has 5 nitrogen and oxygen atoms in total. The molecule has 29 heavy (non-hydrogen) atoms. The minimum atomic E-state index is -0.562. The summed E-state index contributed by atoms with van der Waals surface area (Å²) in [5.74, 6) is -0.805. The molecule has 1 N–H and O–H groups in total. The van der Waals surface area contributed by atoms with Crippen LogP contribution in [-0.2, 0) is 14.3 Å². The lowest BCUT2D eigenvalue weighted by Gasteiger charge is -2.16. The number of rotatable bonds is 8. The van der Waals surface area contributed by atoms with Crippen LogP contribution >= 0.6 is 0 Å². The molecule has 0 spiro atoms. The normalized spacial score (nSPS) is 10.7. The fourth-order valence-corrected chi connectivity index (χ4v) is 3.12. The van der Waals surface area contributed by atoms with Crippen LogP contribution in [0.1, 0.15) is 65.2 Å². The fraction of sp³-hybridized carbons (Fsp3) is 0.375. The van der Waals surface area contributed by atoms with Gasteiger partial charge in [-0.15, -0.1) is 0 Å². The summed E-state index contributed by atoms with van der Waals surface area (Å²) in [6.45, 7) is 9.44. The largest absolute Gasteiger partial charge is 0.456 e. The number of carbonyl (C=O) groups excluding carboxylic acids is 3. The Balaban J connectivity index is 1.86. The Labute approximate surface area is 172 Å².